The zero-order valence-corrected chi connectivity index (χ0v) is 15.4. The largest absolute Gasteiger partial charge is 0.472 e. The van der Waals surface area contributed by atoms with Gasteiger partial charge in [0.05, 0.1) is 16.8 Å². The molecule has 0 bridgehead atoms. The standard InChI is InChI=1S/C17H12Cl2N2O4S/c18-12-1-3-13(4-2-12)21-26(23,24)16-9-14(5-6-15(16)19)20-17(22)11-7-8-25-10-11/h1-10,21H,(H,20,22). The van der Waals surface area contributed by atoms with Crippen LogP contribution in [-0.2, 0) is 10.0 Å². The summed E-state index contributed by atoms with van der Waals surface area (Å²) in [6.07, 6.45) is 2.65. The number of amides is 1. The molecule has 2 aromatic carbocycles. The minimum absolute atomic E-state index is 0.0211. The molecule has 134 valence electrons. The van der Waals surface area contributed by atoms with Gasteiger partial charge in [-0.1, -0.05) is 23.2 Å². The quantitative estimate of drug-likeness (QED) is 0.640. The van der Waals surface area contributed by atoms with Gasteiger partial charge in [-0.3, -0.25) is 9.52 Å². The van der Waals surface area contributed by atoms with Crippen molar-refractivity contribution in [2.24, 2.45) is 0 Å². The fourth-order valence-corrected chi connectivity index (χ4v) is 3.82. The molecule has 26 heavy (non-hydrogen) atoms. The third-order valence-electron chi connectivity index (χ3n) is 3.36. The number of sulfonamides is 1. The number of halogens is 2. The second-order valence-corrected chi connectivity index (χ2v) is 7.72. The van der Waals surface area contributed by atoms with Crippen LogP contribution in [0.25, 0.3) is 0 Å². The lowest BCUT2D eigenvalue weighted by molar-refractivity contribution is 0.102. The average Bonchev–Trinajstić information content (AvgIpc) is 3.13. The Labute approximate surface area is 159 Å². The highest BCUT2D eigenvalue weighted by atomic mass is 35.5. The SMILES string of the molecule is O=C(Nc1ccc(Cl)c(S(=O)(=O)Nc2ccc(Cl)cc2)c1)c1ccoc1. The van der Waals surface area contributed by atoms with Crippen molar-refractivity contribution in [1.82, 2.24) is 0 Å². The lowest BCUT2D eigenvalue weighted by atomic mass is 10.3. The van der Waals surface area contributed by atoms with Gasteiger partial charge in [-0.15, -0.1) is 0 Å². The summed E-state index contributed by atoms with van der Waals surface area (Å²) in [6, 6.07) is 11.8. The van der Waals surface area contributed by atoms with Gasteiger partial charge in [-0.05, 0) is 48.5 Å². The van der Waals surface area contributed by atoms with Crippen LogP contribution in [0.1, 0.15) is 10.4 Å². The van der Waals surface area contributed by atoms with E-state index >= 15 is 0 Å². The highest BCUT2D eigenvalue weighted by Crippen LogP contribution is 2.27. The molecular formula is C17H12Cl2N2O4S. The van der Waals surface area contributed by atoms with E-state index < -0.39 is 15.9 Å². The van der Waals surface area contributed by atoms with Crippen LogP contribution in [0, 0.1) is 0 Å². The van der Waals surface area contributed by atoms with Gasteiger partial charge in [0.1, 0.15) is 11.2 Å². The van der Waals surface area contributed by atoms with Gasteiger partial charge in [-0.25, -0.2) is 8.42 Å². The first-order valence-corrected chi connectivity index (χ1v) is 9.50. The maximum atomic E-state index is 12.6. The fourth-order valence-electron chi connectivity index (χ4n) is 2.11. The molecule has 3 aromatic rings. The Hall–Kier alpha value is -2.48. The van der Waals surface area contributed by atoms with E-state index in [9.17, 15) is 13.2 Å². The number of anilines is 2. The molecule has 3 rings (SSSR count). The molecule has 0 atom stereocenters. The van der Waals surface area contributed by atoms with E-state index in [1.165, 1.54) is 48.9 Å². The molecule has 9 heteroatoms. The monoisotopic (exact) mass is 410 g/mol. The van der Waals surface area contributed by atoms with Crippen molar-refractivity contribution >= 4 is 50.5 Å². The molecule has 0 spiro atoms. The zero-order valence-electron chi connectivity index (χ0n) is 13.1. The van der Waals surface area contributed by atoms with Crippen molar-refractivity contribution in [1.29, 1.82) is 0 Å². The molecule has 0 aliphatic rings. The van der Waals surface area contributed by atoms with Crippen LogP contribution in [0.5, 0.6) is 0 Å². The maximum Gasteiger partial charge on any atom is 0.263 e. The van der Waals surface area contributed by atoms with E-state index in [-0.39, 0.29) is 15.6 Å². The summed E-state index contributed by atoms with van der Waals surface area (Å²) in [7, 11) is -3.96. The van der Waals surface area contributed by atoms with E-state index in [1.54, 1.807) is 12.1 Å². The van der Waals surface area contributed by atoms with Crippen LogP contribution in [0.3, 0.4) is 0 Å². The second-order valence-electron chi connectivity index (χ2n) is 5.22. The van der Waals surface area contributed by atoms with Crippen molar-refractivity contribution < 1.29 is 17.6 Å². The number of benzene rings is 2. The summed E-state index contributed by atoms with van der Waals surface area (Å²) in [4.78, 5) is 11.9. The smallest absolute Gasteiger partial charge is 0.263 e. The topological polar surface area (TPSA) is 88.4 Å². The highest BCUT2D eigenvalue weighted by molar-refractivity contribution is 7.92. The summed E-state index contributed by atoms with van der Waals surface area (Å²) in [6.45, 7) is 0. The number of hydrogen-bond acceptors (Lipinski definition) is 4. The minimum atomic E-state index is -3.96. The summed E-state index contributed by atoms with van der Waals surface area (Å²) in [5, 5.41) is 3.09. The van der Waals surface area contributed by atoms with Crippen LogP contribution in [0.2, 0.25) is 10.0 Å². The average molecular weight is 411 g/mol. The van der Waals surface area contributed by atoms with Crippen molar-refractivity contribution in [3.05, 3.63) is 76.7 Å². The molecule has 2 N–H and O–H groups in total. The Morgan fingerprint density at radius 1 is 0.962 bits per heavy atom. The molecule has 6 nitrogen and oxygen atoms in total. The predicted molar refractivity (Wildman–Crippen MR) is 100 cm³/mol. The number of carbonyl (C=O) groups excluding carboxylic acids is 1. The Morgan fingerprint density at radius 2 is 1.65 bits per heavy atom. The Morgan fingerprint density at radius 3 is 2.31 bits per heavy atom. The number of rotatable bonds is 5. The molecule has 1 heterocycles. The summed E-state index contributed by atoms with van der Waals surface area (Å²) < 4.78 is 32.5. The third kappa shape index (κ3) is 4.19. The molecule has 0 aliphatic carbocycles. The second kappa shape index (κ2) is 7.41. The molecule has 0 aliphatic heterocycles. The molecular weight excluding hydrogens is 399 g/mol. The first kappa shape index (κ1) is 18.3. The van der Waals surface area contributed by atoms with Gasteiger partial charge in [0.25, 0.3) is 15.9 Å². The number of nitrogens with one attached hydrogen (secondary N) is 2. The van der Waals surface area contributed by atoms with Crippen LogP contribution >= 0.6 is 23.2 Å². The van der Waals surface area contributed by atoms with Gasteiger partial charge in [0.15, 0.2) is 0 Å². The van der Waals surface area contributed by atoms with Gasteiger partial charge >= 0.3 is 0 Å². The first-order valence-electron chi connectivity index (χ1n) is 7.27. The van der Waals surface area contributed by atoms with E-state index in [4.69, 9.17) is 27.6 Å². The summed E-state index contributed by atoms with van der Waals surface area (Å²) in [5.41, 5.74) is 0.916. The number of carbonyl (C=O) groups is 1. The minimum Gasteiger partial charge on any atom is -0.472 e. The molecule has 0 saturated carbocycles. The van der Waals surface area contributed by atoms with E-state index in [2.05, 4.69) is 10.0 Å². The van der Waals surface area contributed by atoms with Gasteiger partial charge in [-0.2, -0.15) is 0 Å². The zero-order chi connectivity index (χ0) is 18.7. The lowest BCUT2D eigenvalue weighted by Crippen LogP contribution is -2.15. The predicted octanol–water partition coefficient (Wildman–Crippen LogP) is 4.64. The number of furan rings is 1. The Kier molecular flexibility index (Phi) is 5.22. The lowest BCUT2D eigenvalue weighted by Gasteiger charge is -2.11. The molecule has 0 radical (unpaired) electrons. The summed E-state index contributed by atoms with van der Waals surface area (Å²) >= 11 is 11.8. The van der Waals surface area contributed by atoms with Crippen LogP contribution in [-0.4, -0.2) is 14.3 Å². The maximum absolute atomic E-state index is 12.6. The van der Waals surface area contributed by atoms with E-state index in [0.717, 1.165) is 0 Å². The molecule has 1 aromatic heterocycles. The molecule has 0 unspecified atom stereocenters. The summed E-state index contributed by atoms with van der Waals surface area (Å²) in [5.74, 6) is -0.435. The Bertz CT molecular complexity index is 1030. The van der Waals surface area contributed by atoms with Gasteiger partial charge in [0, 0.05) is 16.4 Å². The van der Waals surface area contributed by atoms with Crippen LogP contribution in [0.15, 0.2) is 70.4 Å². The van der Waals surface area contributed by atoms with Crippen LogP contribution in [0.4, 0.5) is 11.4 Å². The van der Waals surface area contributed by atoms with Gasteiger partial charge < -0.3 is 9.73 Å². The normalized spacial score (nSPS) is 11.2. The van der Waals surface area contributed by atoms with Crippen LogP contribution < -0.4 is 10.0 Å². The molecule has 0 saturated heterocycles. The number of hydrogen-bond donors (Lipinski definition) is 2. The molecule has 1 amide bonds. The Balaban J connectivity index is 1.86. The van der Waals surface area contributed by atoms with Crippen molar-refractivity contribution in [2.75, 3.05) is 10.0 Å². The van der Waals surface area contributed by atoms with E-state index in [1.807, 2.05) is 0 Å². The van der Waals surface area contributed by atoms with E-state index in [0.29, 0.717) is 16.3 Å². The highest BCUT2D eigenvalue weighted by Gasteiger charge is 2.19. The van der Waals surface area contributed by atoms with Crippen molar-refractivity contribution in [2.45, 2.75) is 4.90 Å². The third-order valence-corrected chi connectivity index (χ3v) is 5.47. The van der Waals surface area contributed by atoms with Gasteiger partial charge in [0.2, 0.25) is 0 Å². The van der Waals surface area contributed by atoms with Crippen molar-refractivity contribution in [3.63, 3.8) is 0 Å². The first-order chi connectivity index (χ1) is 12.3. The fraction of sp³-hybridized carbons (Fsp3) is 0. The van der Waals surface area contributed by atoms with Crippen molar-refractivity contribution in [3.8, 4) is 0 Å². The molecule has 0 fully saturated rings.